The molecule has 1 heterocycles. The Labute approximate surface area is 131 Å². The van der Waals surface area contributed by atoms with Gasteiger partial charge in [-0.1, -0.05) is 0 Å². The normalized spacial score (nSPS) is 14.6. The molecule has 0 bridgehead atoms. The molecular weight excluding hydrogens is 309 g/mol. The highest BCUT2D eigenvalue weighted by Crippen LogP contribution is 2.37. The van der Waals surface area contributed by atoms with Gasteiger partial charge in [-0.05, 0) is 18.2 Å². The number of anilines is 2. The van der Waals surface area contributed by atoms with Crippen LogP contribution >= 0.6 is 0 Å². The van der Waals surface area contributed by atoms with Crippen molar-refractivity contribution in [2.75, 3.05) is 36.5 Å². The van der Waals surface area contributed by atoms with E-state index in [0.29, 0.717) is 32.0 Å². The average Bonchev–Trinajstić information content (AvgIpc) is 2.56. The van der Waals surface area contributed by atoms with Crippen molar-refractivity contribution in [1.82, 2.24) is 0 Å². The number of rotatable bonds is 3. The van der Waals surface area contributed by atoms with Gasteiger partial charge in [0.1, 0.15) is 17.7 Å². The van der Waals surface area contributed by atoms with Gasteiger partial charge in [0.15, 0.2) is 0 Å². The number of benzene rings is 1. The van der Waals surface area contributed by atoms with E-state index in [-0.39, 0.29) is 11.3 Å². The minimum Gasteiger partial charge on any atom is -0.378 e. The molecule has 1 aliphatic rings. The molecule has 120 valence electrons. The summed E-state index contributed by atoms with van der Waals surface area (Å²) in [5.74, 6) is 0. The maximum Gasteiger partial charge on any atom is 0.418 e. The zero-order valence-corrected chi connectivity index (χ0v) is 12.0. The highest BCUT2D eigenvalue weighted by atomic mass is 19.4. The molecule has 0 aromatic heterocycles. The lowest BCUT2D eigenvalue weighted by molar-refractivity contribution is -0.136. The number of hydrogen-bond acceptors (Lipinski definition) is 5. The van der Waals surface area contributed by atoms with Gasteiger partial charge in [-0.25, -0.2) is 0 Å². The average molecular weight is 322 g/mol. The molecule has 1 aliphatic heterocycles. The van der Waals surface area contributed by atoms with Crippen LogP contribution < -0.4 is 10.2 Å². The summed E-state index contributed by atoms with van der Waals surface area (Å²) in [5.41, 5.74) is -0.920. The lowest BCUT2D eigenvalue weighted by atomic mass is 10.1. The van der Waals surface area contributed by atoms with Crippen molar-refractivity contribution in [2.45, 2.75) is 6.18 Å². The summed E-state index contributed by atoms with van der Waals surface area (Å²) in [4.78, 5) is 1.81. The number of nitrogens with zero attached hydrogens (tertiary/aromatic N) is 3. The predicted octanol–water partition coefficient (Wildman–Crippen LogP) is 2.88. The summed E-state index contributed by atoms with van der Waals surface area (Å²) in [6.07, 6.45) is -3.60. The minimum atomic E-state index is -4.56. The summed E-state index contributed by atoms with van der Waals surface area (Å²) < 4.78 is 44.9. The second-order valence-electron chi connectivity index (χ2n) is 4.75. The van der Waals surface area contributed by atoms with Crippen molar-refractivity contribution < 1.29 is 17.9 Å². The van der Waals surface area contributed by atoms with Gasteiger partial charge in [-0.3, -0.25) is 0 Å². The van der Waals surface area contributed by atoms with Crippen molar-refractivity contribution in [3.8, 4) is 12.1 Å². The van der Waals surface area contributed by atoms with Gasteiger partial charge in [0.05, 0.1) is 24.5 Å². The molecule has 0 amide bonds. The molecule has 0 radical (unpaired) electrons. The van der Waals surface area contributed by atoms with Crippen molar-refractivity contribution in [3.05, 3.63) is 35.5 Å². The predicted molar refractivity (Wildman–Crippen MR) is 77.4 cm³/mol. The van der Waals surface area contributed by atoms with Gasteiger partial charge in [0, 0.05) is 25.0 Å². The summed E-state index contributed by atoms with van der Waals surface area (Å²) >= 11 is 0. The van der Waals surface area contributed by atoms with Crippen LogP contribution in [0.4, 0.5) is 24.5 Å². The molecule has 23 heavy (non-hydrogen) atoms. The van der Waals surface area contributed by atoms with Crippen molar-refractivity contribution in [3.63, 3.8) is 0 Å². The van der Waals surface area contributed by atoms with Gasteiger partial charge in [-0.2, -0.15) is 23.7 Å². The van der Waals surface area contributed by atoms with Crippen LogP contribution in [0.25, 0.3) is 0 Å². The molecule has 0 spiro atoms. The first-order valence-corrected chi connectivity index (χ1v) is 6.76. The Bertz CT molecular complexity index is 663. The Morgan fingerprint density at radius 1 is 1.22 bits per heavy atom. The maximum atomic E-state index is 13.2. The second kappa shape index (κ2) is 7.03. The lowest BCUT2D eigenvalue weighted by Gasteiger charge is -2.29. The van der Waals surface area contributed by atoms with Crippen LogP contribution in [0.2, 0.25) is 0 Å². The maximum absolute atomic E-state index is 13.2. The minimum absolute atomic E-state index is 0.211. The van der Waals surface area contributed by atoms with Gasteiger partial charge in [0.2, 0.25) is 0 Å². The van der Waals surface area contributed by atoms with E-state index < -0.39 is 11.7 Å². The van der Waals surface area contributed by atoms with E-state index in [1.165, 1.54) is 6.07 Å². The molecule has 5 nitrogen and oxygen atoms in total. The standard InChI is InChI=1S/C15H13F3N4O/c16-15(17,18)13-7-12(22-3-5-23-6-4-22)1-2-14(13)21-10-11(8-19)9-20/h1-2,7,10,21H,3-6H2. The fourth-order valence-electron chi connectivity index (χ4n) is 2.15. The molecule has 0 atom stereocenters. The highest BCUT2D eigenvalue weighted by Gasteiger charge is 2.34. The Morgan fingerprint density at radius 3 is 2.43 bits per heavy atom. The number of alkyl halides is 3. The van der Waals surface area contributed by atoms with E-state index in [9.17, 15) is 13.2 Å². The Kier molecular flexibility index (Phi) is 5.09. The number of ether oxygens (including phenoxy) is 1. The van der Waals surface area contributed by atoms with E-state index in [1.807, 2.05) is 4.90 Å². The first-order valence-electron chi connectivity index (χ1n) is 6.76. The number of nitrogens with one attached hydrogen (secondary N) is 1. The fourth-order valence-corrected chi connectivity index (χ4v) is 2.15. The van der Waals surface area contributed by atoms with Gasteiger partial charge < -0.3 is 15.0 Å². The molecule has 2 rings (SSSR count). The number of allylic oxidation sites excluding steroid dienone is 1. The van der Waals surface area contributed by atoms with Crippen LogP contribution in [-0.4, -0.2) is 26.3 Å². The molecule has 1 fully saturated rings. The van der Waals surface area contributed by atoms with E-state index in [0.717, 1.165) is 12.3 Å². The van der Waals surface area contributed by atoms with Crippen molar-refractivity contribution in [2.24, 2.45) is 0 Å². The third kappa shape index (κ3) is 4.15. The van der Waals surface area contributed by atoms with Gasteiger partial charge >= 0.3 is 6.18 Å². The number of morpholine rings is 1. The number of hydrogen-bond donors (Lipinski definition) is 1. The van der Waals surface area contributed by atoms with Crippen LogP contribution in [0.1, 0.15) is 5.56 Å². The van der Waals surface area contributed by atoms with Crippen LogP contribution in [0.5, 0.6) is 0 Å². The zero-order chi connectivity index (χ0) is 16.9. The third-order valence-corrected chi connectivity index (χ3v) is 3.30. The molecule has 1 aromatic carbocycles. The molecule has 0 aliphatic carbocycles. The molecule has 1 N–H and O–H groups in total. The largest absolute Gasteiger partial charge is 0.418 e. The van der Waals surface area contributed by atoms with Crippen LogP contribution in [0.15, 0.2) is 30.0 Å². The van der Waals surface area contributed by atoms with Gasteiger partial charge in [-0.15, -0.1) is 0 Å². The number of halogens is 3. The van der Waals surface area contributed by atoms with Crippen LogP contribution in [0, 0.1) is 22.7 Å². The molecule has 0 unspecified atom stereocenters. The third-order valence-electron chi connectivity index (χ3n) is 3.30. The van der Waals surface area contributed by atoms with E-state index in [2.05, 4.69) is 5.32 Å². The first-order chi connectivity index (χ1) is 11.0. The second-order valence-corrected chi connectivity index (χ2v) is 4.75. The SMILES string of the molecule is N#CC(C#N)=CNc1ccc(N2CCOCC2)cc1C(F)(F)F. The summed E-state index contributed by atoms with van der Waals surface area (Å²) in [6.45, 7) is 1.99. The van der Waals surface area contributed by atoms with E-state index >= 15 is 0 Å². The van der Waals surface area contributed by atoms with Crippen molar-refractivity contribution in [1.29, 1.82) is 10.5 Å². The zero-order valence-electron chi connectivity index (χ0n) is 12.0. The Morgan fingerprint density at radius 2 is 1.87 bits per heavy atom. The van der Waals surface area contributed by atoms with Crippen LogP contribution in [-0.2, 0) is 10.9 Å². The van der Waals surface area contributed by atoms with E-state index in [4.69, 9.17) is 15.3 Å². The summed E-state index contributed by atoms with van der Waals surface area (Å²) in [5, 5.41) is 19.6. The quantitative estimate of drug-likeness (QED) is 0.866. The summed E-state index contributed by atoms with van der Waals surface area (Å²) in [6, 6.07) is 7.06. The Hall–Kier alpha value is -2.71. The molecule has 8 heteroatoms. The molecule has 0 saturated carbocycles. The topological polar surface area (TPSA) is 72.1 Å². The molecular formula is C15H13F3N4O. The first kappa shape index (κ1) is 16.7. The Balaban J connectivity index is 2.34. The molecule has 1 aromatic rings. The summed E-state index contributed by atoms with van der Waals surface area (Å²) in [7, 11) is 0. The monoisotopic (exact) mass is 322 g/mol. The number of nitriles is 2. The van der Waals surface area contributed by atoms with Crippen LogP contribution in [0.3, 0.4) is 0 Å². The molecule has 1 saturated heterocycles. The van der Waals surface area contributed by atoms with E-state index in [1.54, 1.807) is 18.2 Å². The van der Waals surface area contributed by atoms with Crippen molar-refractivity contribution >= 4 is 11.4 Å². The smallest absolute Gasteiger partial charge is 0.378 e. The van der Waals surface area contributed by atoms with Gasteiger partial charge in [0.25, 0.3) is 0 Å². The lowest BCUT2D eigenvalue weighted by Crippen LogP contribution is -2.36. The fraction of sp³-hybridized carbons (Fsp3) is 0.333. The highest BCUT2D eigenvalue weighted by molar-refractivity contribution is 5.63.